The van der Waals surface area contributed by atoms with Crippen molar-refractivity contribution in [1.29, 1.82) is 0 Å². The largest absolute Gasteiger partial charge is 0.337 e. The molecule has 2 N–H and O–H groups in total. The fourth-order valence-electron chi connectivity index (χ4n) is 3.63. The van der Waals surface area contributed by atoms with E-state index in [2.05, 4.69) is 33.9 Å². The van der Waals surface area contributed by atoms with Crippen molar-refractivity contribution in [2.45, 2.75) is 51.6 Å². The third-order valence-corrected chi connectivity index (χ3v) is 5.89. The maximum absolute atomic E-state index is 12.0. The van der Waals surface area contributed by atoms with Crippen LogP contribution in [-0.2, 0) is 13.0 Å². The van der Waals surface area contributed by atoms with Crippen molar-refractivity contribution in [3.8, 4) is 0 Å². The highest BCUT2D eigenvalue weighted by atomic mass is 32.1. The monoisotopic (exact) mass is 321 g/mol. The van der Waals surface area contributed by atoms with Crippen molar-refractivity contribution in [3.05, 3.63) is 21.9 Å². The number of hydrogen-bond acceptors (Lipinski definition) is 3. The van der Waals surface area contributed by atoms with E-state index in [0.29, 0.717) is 6.04 Å². The molecule has 2 heterocycles. The Labute approximate surface area is 137 Å². The number of nitrogens with zero attached hydrogens (tertiary/aromatic N) is 1. The van der Waals surface area contributed by atoms with E-state index in [1.807, 2.05) is 11.3 Å². The maximum Gasteiger partial charge on any atom is 0.315 e. The summed E-state index contributed by atoms with van der Waals surface area (Å²) >= 11 is 1.87. The first kappa shape index (κ1) is 15.8. The van der Waals surface area contributed by atoms with Crippen LogP contribution < -0.4 is 10.6 Å². The van der Waals surface area contributed by atoms with Gasteiger partial charge >= 0.3 is 6.03 Å². The van der Waals surface area contributed by atoms with Crippen molar-refractivity contribution >= 4 is 17.4 Å². The maximum atomic E-state index is 12.0. The van der Waals surface area contributed by atoms with E-state index in [4.69, 9.17) is 0 Å². The summed E-state index contributed by atoms with van der Waals surface area (Å²) < 4.78 is 0. The van der Waals surface area contributed by atoms with Gasteiger partial charge < -0.3 is 10.6 Å². The predicted octanol–water partition coefficient (Wildman–Crippen LogP) is 2.98. The molecule has 2 aliphatic rings. The van der Waals surface area contributed by atoms with Crippen LogP contribution in [0.5, 0.6) is 0 Å². The highest BCUT2D eigenvalue weighted by molar-refractivity contribution is 7.10. The number of fused-ring (bicyclic) bond motifs is 1. The Hall–Kier alpha value is -1.07. The summed E-state index contributed by atoms with van der Waals surface area (Å²) in [6, 6.07) is 2.61. The lowest BCUT2D eigenvalue weighted by molar-refractivity contribution is 0.220. The minimum Gasteiger partial charge on any atom is -0.337 e. The lowest BCUT2D eigenvalue weighted by atomic mass is 9.87. The number of nitrogens with one attached hydrogen (secondary N) is 2. The normalized spacial score (nSPS) is 25.5. The van der Waals surface area contributed by atoms with Gasteiger partial charge in [-0.3, -0.25) is 4.90 Å². The Kier molecular flexibility index (Phi) is 5.37. The highest BCUT2D eigenvalue weighted by Gasteiger charge is 2.20. The number of amides is 2. The lowest BCUT2D eigenvalue weighted by Gasteiger charge is -2.28. The molecule has 0 spiro atoms. The zero-order valence-electron chi connectivity index (χ0n) is 13.4. The molecule has 0 saturated heterocycles. The summed E-state index contributed by atoms with van der Waals surface area (Å²) in [5, 5.41) is 8.34. The molecule has 4 nitrogen and oxygen atoms in total. The standard InChI is InChI=1S/C17H27N3OS/c1-13-3-2-4-15(11-13)19-17(21)18-7-9-20-8-5-16-14(12-20)6-10-22-16/h6,10,13,15H,2-5,7-9,11-12H2,1H3,(H2,18,19,21). The van der Waals surface area contributed by atoms with Crippen LogP contribution in [0.25, 0.3) is 0 Å². The van der Waals surface area contributed by atoms with E-state index >= 15 is 0 Å². The molecule has 2 amide bonds. The molecule has 1 aromatic rings. The summed E-state index contributed by atoms with van der Waals surface area (Å²) in [4.78, 5) is 15.9. The summed E-state index contributed by atoms with van der Waals surface area (Å²) in [5.41, 5.74) is 1.47. The third kappa shape index (κ3) is 4.23. The van der Waals surface area contributed by atoms with E-state index in [1.54, 1.807) is 0 Å². The van der Waals surface area contributed by atoms with Crippen molar-refractivity contribution in [1.82, 2.24) is 15.5 Å². The number of thiophene rings is 1. The molecule has 1 fully saturated rings. The Morgan fingerprint density at radius 2 is 2.36 bits per heavy atom. The van der Waals surface area contributed by atoms with E-state index in [-0.39, 0.29) is 6.03 Å². The summed E-state index contributed by atoms with van der Waals surface area (Å²) in [6.45, 7) is 6.08. The van der Waals surface area contributed by atoms with Gasteiger partial charge in [-0.05, 0) is 42.2 Å². The van der Waals surface area contributed by atoms with Gasteiger partial charge in [0.15, 0.2) is 0 Å². The minimum absolute atomic E-state index is 0.00679. The molecule has 0 radical (unpaired) electrons. The van der Waals surface area contributed by atoms with Gasteiger partial charge in [-0.15, -0.1) is 11.3 Å². The number of carbonyl (C=O) groups excluding carboxylic acids is 1. The van der Waals surface area contributed by atoms with Crippen LogP contribution in [0.1, 0.15) is 43.0 Å². The van der Waals surface area contributed by atoms with E-state index < -0.39 is 0 Å². The summed E-state index contributed by atoms with van der Waals surface area (Å²) in [6.07, 6.45) is 5.95. The van der Waals surface area contributed by atoms with Crippen LogP contribution in [0.3, 0.4) is 0 Å². The van der Waals surface area contributed by atoms with Crippen molar-refractivity contribution in [2.75, 3.05) is 19.6 Å². The molecule has 1 aliphatic heterocycles. The van der Waals surface area contributed by atoms with E-state index in [0.717, 1.165) is 51.4 Å². The molecule has 0 aromatic carbocycles. The van der Waals surface area contributed by atoms with E-state index in [9.17, 15) is 4.79 Å². The van der Waals surface area contributed by atoms with Gasteiger partial charge in [0.2, 0.25) is 0 Å². The lowest BCUT2D eigenvalue weighted by Crippen LogP contribution is -2.46. The Balaban J connectivity index is 1.34. The topological polar surface area (TPSA) is 44.4 Å². The molecule has 0 bridgehead atoms. The molecular weight excluding hydrogens is 294 g/mol. The van der Waals surface area contributed by atoms with Crippen LogP contribution in [-0.4, -0.2) is 36.6 Å². The van der Waals surface area contributed by atoms with Crippen molar-refractivity contribution < 1.29 is 4.79 Å². The molecule has 1 aromatic heterocycles. The smallest absolute Gasteiger partial charge is 0.315 e. The van der Waals surface area contributed by atoms with Crippen LogP contribution >= 0.6 is 11.3 Å². The molecule has 2 atom stereocenters. The molecule has 2 unspecified atom stereocenters. The van der Waals surface area contributed by atoms with Crippen LogP contribution in [0, 0.1) is 5.92 Å². The average molecular weight is 321 g/mol. The second-order valence-electron chi connectivity index (χ2n) is 6.76. The fourth-order valence-corrected chi connectivity index (χ4v) is 4.52. The summed E-state index contributed by atoms with van der Waals surface area (Å²) in [7, 11) is 0. The number of hydrogen-bond donors (Lipinski definition) is 2. The average Bonchev–Trinajstić information content (AvgIpc) is 2.95. The third-order valence-electron chi connectivity index (χ3n) is 4.87. The number of urea groups is 1. The van der Waals surface area contributed by atoms with Crippen molar-refractivity contribution in [2.24, 2.45) is 5.92 Å². The van der Waals surface area contributed by atoms with Gasteiger partial charge in [0, 0.05) is 37.1 Å². The first-order valence-electron chi connectivity index (χ1n) is 8.52. The molecule has 22 heavy (non-hydrogen) atoms. The fraction of sp³-hybridized carbons (Fsp3) is 0.706. The zero-order valence-corrected chi connectivity index (χ0v) is 14.3. The SMILES string of the molecule is CC1CCCC(NC(=O)NCCN2CCc3sccc3C2)C1. The Bertz CT molecular complexity index is 502. The second-order valence-corrected chi connectivity index (χ2v) is 7.76. The molecule has 1 saturated carbocycles. The molecule has 3 rings (SSSR count). The quantitative estimate of drug-likeness (QED) is 0.895. The van der Waals surface area contributed by atoms with Gasteiger partial charge in [-0.25, -0.2) is 4.79 Å². The second kappa shape index (κ2) is 7.47. The Morgan fingerprint density at radius 3 is 3.23 bits per heavy atom. The van der Waals surface area contributed by atoms with Crippen LogP contribution in [0.4, 0.5) is 4.79 Å². The first-order valence-corrected chi connectivity index (χ1v) is 9.40. The van der Waals surface area contributed by atoms with Gasteiger partial charge in [-0.1, -0.05) is 19.8 Å². The number of rotatable bonds is 4. The van der Waals surface area contributed by atoms with E-state index in [1.165, 1.54) is 23.3 Å². The Morgan fingerprint density at radius 1 is 1.45 bits per heavy atom. The molecular formula is C17H27N3OS. The van der Waals surface area contributed by atoms with Gasteiger partial charge in [0.05, 0.1) is 0 Å². The van der Waals surface area contributed by atoms with Gasteiger partial charge in [0.1, 0.15) is 0 Å². The first-order chi connectivity index (χ1) is 10.7. The molecule has 122 valence electrons. The molecule has 5 heteroatoms. The summed E-state index contributed by atoms with van der Waals surface area (Å²) in [5.74, 6) is 0.743. The zero-order chi connectivity index (χ0) is 15.4. The van der Waals surface area contributed by atoms with Gasteiger partial charge in [-0.2, -0.15) is 0 Å². The number of carbonyl (C=O) groups is 1. The predicted molar refractivity (Wildman–Crippen MR) is 91.3 cm³/mol. The van der Waals surface area contributed by atoms with Crippen LogP contribution in [0.15, 0.2) is 11.4 Å². The highest BCUT2D eigenvalue weighted by Crippen LogP contribution is 2.24. The molecule has 1 aliphatic carbocycles. The van der Waals surface area contributed by atoms with Crippen molar-refractivity contribution in [3.63, 3.8) is 0 Å². The van der Waals surface area contributed by atoms with Crippen LogP contribution in [0.2, 0.25) is 0 Å². The van der Waals surface area contributed by atoms with Gasteiger partial charge in [0.25, 0.3) is 0 Å². The minimum atomic E-state index is 0.00679.